The molecular weight excluding hydrogens is 262 g/mol. The highest BCUT2D eigenvalue weighted by atomic mass is 16.6. The zero-order valence-electron chi connectivity index (χ0n) is 11.3. The van der Waals surface area contributed by atoms with Gasteiger partial charge in [0.2, 0.25) is 11.8 Å². The van der Waals surface area contributed by atoms with Gasteiger partial charge in [0.05, 0.1) is 17.4 Å². The van der Waals surface area contributed by atoms with Gasteiger partial charge in [0.1, 0.15) is 0 Å². The summed E-state index contributed by atoms with van der Waals surface area (Å²) in [6, 6.07) is 4.36. The van der Waals surface area contributed by atoms with Gasteiger partial charge in [0.15, 0.2) is 0 Å². The number of nitrogens with one attached hydrogen (secondary N) is 1. The summed E-state index contributed by atoms with van der Waals surface area (Å²) < 4.78 is 0. The molecule has 2 rings (SSSR count). The van der Waals surface area contributed by atoms with Gasteiger partial charge in [0, 0.05) is 25.2 Å². The van der Waals surface area contributed by atoms with E-state index in [1.54, 1.807) is 19.1 Å². The van der Waals surface area contributed by atoms with Gasteiger partial charge in [-0.1, -0.05) is 12.1 Å². The molecule has 0 saturated carbocycles. The van der Waals surface area contributed by atoms with Crippen molar-refractivity contribution < 1.29 is 14.5 Å². The molecule has 1 fully saturated rings. The van der Waals surface area contributed by atoms with E-state index in [0.717, 1.165) is 4.90 Å². The minimum Gasteiger partial charge on any atom is -0.301 e. The van der Waals surface area contributed by atoms with Crippen LogP contribution in [0.5, 0.6) is 0 Å². The zero-order valence-corrected chi connectivity index (χ0v) is 11.3. The van der Waals surface area contributed by atoms with E-state index in [9.17, 15) is 19.7 Å². The van der Waals surface area contributed by atoms with Crippen molar-refractivity contribution in [1.29, 1.82) is 0 Å². The Labute approximate surface area is 115 Å². The predicted molar refractivity (Wildman–Crippen MR) is 70.9 cm³/mol. The van der Waals surface area contributed by atoms with Crippen LogP contribution in [0.3, 0.4) is 0 Å². The van der Waals surface area contributed by atoms with Crippen LogP contribution in [0, 0.1) is 17.0 Å². The Bertz CT molecular complexity index is 585. The second-order valence-corrected chi connectivity index (χ2v) is 4.81. The summed E-state index contributed by atoms with van der Waals surface area (Å²) in [6.07, 6.45) is 0.128. The van der Waals surface area contributed by atoms with E-state index in [1.165, 1.54) is 13.1 Å². The molecule has 1 aliphatic rings. The molecule has 0 bridgehead atoms. The molecule has 0 spiro atoms. The molecule has 1 N–H and O–H groups in total. The van der Waals surface area contributed by atoms with Crippen molar-refractivity contribution in [2.75, 3.05) is 7.05 Å². The maximum absolute atomic E-state index is 11.7. The van der Waals surface area contributed by atoms with Gasteiger partial charge in [-0.25, -0.2) is 0 Å². The van der Waals surface area contributed by atoms with Gasteiger partial charge in [-0.05, 0) is 12.5 Å². The third kappa shape index (κ3) is 2.67. The first-order chi connectivity index (χ1) is 9.40. The fourth-order valence-electron chi connectivity index (χ4n) is 2.12. The average Bonchev–Trinajstić information content (AvgIpc) is 2.65. The number of likely N-dealkylation sites (tertiary alicyclic amines) is 1. The van der Waals surface area contributed by atoms with Gasteiger partial charge < -0.3 is 5.32 Å². The molecule has 1 saturated heterocycles. The molecule has 1 aromatic rings. The van der Waals surface area contributed by atoms with Crippen LogP contribution in [-0.2, 0) is 16.1 Å². The normalized spacial score (nSPS) is 18.7. The third-order valence-electron chi connectivity index (χ3n) is 3.40. The number of benzene rings is 1. The number of amides is 2. The van der Waals surface area contributed by atoms with Crippen LogP contribution in [0.2, 0.25) is 0 Å². The molecule has 1 aliphatic heterocycles. The van der Waals surface area contributed by atoms with E-state index in [0.29, 0.717) is 17.7 Å². The molecule has 1 aromatic carbocycles. The second-order valence-electron chi connectivity index (χ2n) is 4.81. The molecule has 20 heavy (non-hydrogen) atoms. The molecule has 1 unspecified atom stereocenters. The van der Waals surface area contributed by atoms with Crippen LogP contribution in [-0.4, -0.2) is 34.7 Å². The minimum absolute atomic E-state index is 0.0512. The predicted octanol–water partition coefficient (Wildman–Crippen LogP) is 0.750. The standard InChI is InChI=1S/C13H15N3O4/c1-8-3-4-9(5-11(8)16(19)20)7-14-10-6-12(17)15(2)13(10)18/h3-5,10,14H,6-7H2,1-2H3. The van der Waals surface area contributed by atoms with E-state index in [1.807, 2.05) is 0 Å². The summed E-state index contributed by atoms with van der Waals surface area (Å²) in [5.74, 6) is -0.487. The molecular formula is C13H15N3O4. The quantitative estimate of drug-likeness (QED) is 0.498. The maximum Gasteiger partial charge on any atom is 0.272 e. The van der Waals surface area contributed by atoms with Crippen molar-refractivity contribution in [2.45, 2.75) is 25.9 Å². The highest BCUT2D eigenvalue weighted by Gasteiger charge is 2.35. The Morgan fingerprint density at radius 1 is 1.45 bits per heavy atom. The van der Waals surface area contributed by atoms with E-state index < -0.39 is 11.0 Å². The molecule has 0 radical (unpaired) electrons. The number of rotatable bonds is 4. The van der Waals surface area contributed by atoms with Crippen molar-refractivity contribution in [1.82, 2.24) is 10.2 Å². The van der Waals surface area contributed by atoms with Crippen LogP contribution in [0.4, 0.5) is 5.69 Å². The topological polar surface area (TPSA) is 92.6 Å². The first kappa shape index (κ1) is 14.1. The average molecular weight is 277 g/mol. The summed E-state index contributed by atoms with van der Waals surface area (Å²) in [4.78, 5) is 34.6. The molecule has 1 heterocycles. The van der Waals surface area contributed by atoms with Crippen LogP contribution in [0.25, 0.3) is 0 Å². The smallest absolute Gasteiger partial charge is 0.272 e. The summed E-state index contributed by atoms with van der Waals surface area (Å²) in [5.41, 5.74) is 1.35. The number of carbonyl (C=O) groups excluding carboxylic acids is 2. The summed E-state index contributed by atoms with van der Waals surface area (Å²) in [7, 11) is 1.45. The number of hydrogen-bond donors (Lipinski definition) is 1. The monoisotopic (exact) mass is 277 g/mol. The Kier molecular flexibility index (Phi) is 3.80. The minimum atomic E-state index is -0.548. The molecule has 7 heteroatoms. The first-order valence-electron chi connectivity index (χ1n) is 6.18. The highest BCUT2D eigenvalue weighted by Crippen LogP contribution is 2.19. The lowest BCUT2D eigenvalue weighted by atomic mass is 10.1. The lowest BCUT2D eigenvalue weighted by molar-refractivity contribution is -0.385. The molecule has 0 aliphatic carbocycles. The SMILES string of the molecule is Cc1ccc(CNC2CC(=O)N(C)C2=O)cc1[N+](=O)[O-]. The number of aryl methyl sites for hydroxylation is 1. The highest BCUT2D eigenvalue weighted by molar-refractivity contribution is 6.05. The number of carbonyl (C=O) groups is 2. The molecule has 1 atom stereocenters. The molecule has 7 nitrogen and oxygen atoms in total. The van der Waals surface area contributed by atoms with Crippen LogP contribution < -0.4 is 5.32 Å². The summed E-state index contributed by atoms with van der Waals surface area (Å²) in [5, 5.41) is 13.8. The molecule has 0 aromatic heterocycles. The van der Waals surface area contributed by atoms with Crippen molar-refractivity contribution in [3.63, 3.8) is 0 Å². The Morgan fingerprint density at radius 2 is 2.15 bits per heavy atom. The van der Waals surface area contributed by atoms with Crippen molar-refractivity contribution in [3.05, 3.63) is 39.4 Å². The lowest BCUT2D eigenvalue weighted by Gasteiger charge is -2.11. The van der Waals surface area contributed by atoms with E-state index >= 15 is 0 Å². The van der Waals surface area contributed by atoms with E-state index in [-0.39, 0.29) is 23.9 Å². The van der Waals surface area contributed by atoms with E-state index in [2.05, 4.69) is 5.32 Å². The Hall–Kier alpha value is -2.28. The maximum atomic E-state index is 11.7. The van der Waals surface area contributed by atoms with Crippen LogP contribution in [0.1, 0.15) is 17.5 Å². The fraction of sp³-hybridized carbons (Fsp3) is 0.385. The number of imide groups is 1. The number of hydrogen-bond acceptors (Lipinski definition) is 5. The van der Waals surface area contributed by atoms with Gasteiger partial charge in [-0.3, -0.25) is 24.6 Å². The van der Waals surface area contributed by atoms with Gasteiger partial charge in [-0.2, -0.15) is 0 Å². The largest absolute Gasteiger partial charge is 0.301 e. The number of nitrogens with zero attached hydrogens (tertiary/aromatic N) is 2. The summed E-state index contributed by atoms with van der Waals surface area (Å²) in [6.45, 7) is 1.97. The second kappa shape index (κ2) is 5.38. The van der Waals surface area contributed by atoms with Crippen molar-refractivity contribution in [2.24, 2.45) is 0 Å². The Balaban J connectivity index is 2.05. The number of nitro groups is 1. The van der Waals surface area contributed by atoms with Gasteiger partial charge in [0.25, 0.3) is 5.69 Å². The first-order valence-corrected chi connectivity index (χ1v) is 6.18. The fourth-order valence-corrected chi connectivity index (χ4v) is 2.12. The van der Waals surface area contributed by atoms with Crippen LogP contribution >= 0.6 is 0 Å². The zero-order chi connectivity index (χ0) is 14.9. The van der Waals surface area contributed by atoms with Gasteiger partial charge in [-0.15, -0.1) is 0 Å². The molecule has 2 amide bonds. The van der Waals surface area contributed by atoms with Crippen molar-refractivity contribution >= 4 is 17.5 Å². The summed E-state index contributed by atoms with van der Waals surface area (Å²) >= 11 is 0. The lowest BCUT2D eigenvalue weighted by Crippen LogP contribution is -2.36. The van der Waals surface area contributed by atoms with Crippen molar-refractivity contribution in [3.8, 4) is 0 Å². The van der Waals surface area contributed by atoms with Gasteiger partial charge >= 0.3 is 0 Å². The van der Waals surface area contributed by atoms with E-state index in [4.69, 9.17) is 0 Å². The Morgan fingerprint density at radius 3 is 2.70 bits per heavy atom. The van der Waals surface area contributed by atoms with Crippen LogP contribution in [0.15, 0.2) is 18.2 Å². The number of nitro benzene ring substituents is 1. The number of likely N-dealkylation sites (N-methyl/N-ethyl adjacent to an activating group) is 1. The third-order valence-corrected chi connectivity index (χ3v) is 3.40. The molecule has 106 valence electrons.